The zero-order valence-corrected chi connectivity index (χ0v) is 20.9. The molecule has 0 unspecified atom stereocenters. The van der Waals surface area contributed by atoms with Crippen LogP contribution in [0.4, 0.5) is 0 Å². The predicted octanol–water partition coefficient (Wildman–Crippen LogP) is 5.37. The molecule has 1 fully saturated rings. The summed E-state index contributed by atoms with van der Waals surface area (Å²) in [6.07, 6.45) is 2.73. The molecular weight excluding hydrogens is 452 g/mol. The Morgan fingerprint density at radius 1 is 1.03 bits per heavy atom. The Bertz CT molecular complexity index is 1320. The maximum atomic E-state index is 12.8. The van der Waals surface area contributed by atoms with Crippen LogP contribution in [0.5, 0.6) is 11.5 Å². The van der Waals surface area contributed by atoms with Crippen LogP contribution in [0.25, 0.3) is 10.8 Å². The van der Waals surface area contributed by atoms with Crippen LogP contribution >= 0.6 is 0 Å². The minimum atomic E-state index is -0.103. The number of rotatable bonds is 7. The summed E-state index contributed by atoms with van der Waals surface area (Å²) in [5.41, 5.74) is 2.09. The van der Waals surface area contributed by atoms with Gasteiger partial charge in [0.05, 0.1) is 6.61 Å². The zero-order valence-electron chi connectivity index (χ0n) is 20.9. The summed E-state index contributed by atoms with van der Waals surface area (Å²) in [5.74, 6) is 1.45. The molecule has 2 heterocycles. The van der Waals surface area contributed by atoms with Crippen LogP contribution in [-0.4, -0.2) is 48.9 Å². The van der Waals surface area contributed by atoms with Crippen molar-refractivity contribution in [2.45, 2.75) is 39.2 Å². The molecule has 6 heteroatoms. The molecule has 0 atom stereocenters. The molecule has 0 aromatic heterocycles. The molecule has 1 N–H and O–H groups in total. The van der Waals surface area contributed by atoms with Crippen molar-refractivity contribution in [2.75, 3.05) is 26.2 Å². The van der Waals surface area contributed by atoms with Gasteiger partial charge >= 0.3 is 0 Å². The number of nitrogens with one attached hydrogen (secondary N) is 1. The van der Waals surface area contributed by atoms with Gasteiger partial charge in [-0.3, -0.25) is 9.59 Å². The molecule has 0 radical (unpaired) electrons. The zero-order chi connectivity index (χ0) is 25.1. The van der Waals surface area contributed by atoms with E-state index < -0.39 is 0 Å². The number of benzene rings is 3. The highest BCUT2D eigenvalue weighted by Gasteiger charge is 2.31. The van der Waals surface area contributed by atoms with Crippen LogP contribution in [0.3, 0.4) is 0 Å². The summed E-state index contributed by atoms with van der Waals surface area (Å²) < 4.78 is 11.7. The van der Waals surface area contributed by atoms with Gasteiger partial charge in [0.1, 0.15) is 17.1 Å². The van der Waals surface area contributed by atoms with Crippen molar-refractivity contribution in [3.63, 3.8) is 0 Å². The van der Waals surface area contributed by atoms with E-state index in [0.29, 0.717) is 35.0 Å². The van der Waals surface area contributed by atoms with Gasteiger partial charge in [0.2, 0.25) is 5.78 Å². The Kier molecular flexibility index (Phi) is 7.05. The number of piperidine rings is 1. The number of hydrogen-bond acceptors (Lipinski definition) is 5. The van der Waals surface area contributed by atoms with E-state index in [2.05, 4.69) is 16.3 Å². The van der Waals surface area contributed by atoms with Gasteiger partial charge in [-0.05, 0) is 73.7 Å². The highest BCUT2D eigenvalue weighted by Crippen LogP contribution is 2.38. The SMILES string of the molecule is CC(C)=C1Oc2cccc(OCCCN3CCC(NC(=O)c4ccc5ccccc5c4)CC3)c2C1=O. The minimum absolute atomic E-state index is 0.00204. The number of carbonyl (C=O) groups excluding carboxylic acids is 2. The van der Waals surface area contributed by atoms with Crippen molar-refractivity contribution in [1.82, 2.24) is 10.2 Å². The van der Waals surface area contributed by atoms with Gasteiger partial charge in [0, 0.05) is 31.2 Å². The first-order valence-corrected chi connectivity index (χ1v) is 12.7. The van der Waals surface area contributed by atoms with E-state index in [1.807, 2.05) is 62.4 Å². The topological polar surface area (TPSA) is 67.9 Å². The summed E-state index contributed by atoms with van der Waals surface area (Å²) in [4.78, 5) is 27.9. The van der Waals surface area contributed by atoms with E-state index >= 15 is 0 Å². The second-order valence-corrected chi connectivity index (χ2v) is 9.74. The second-order valence-electron chi connectivity index (χ2n) is 9.74. The predicted molar refractivity (Wildman–Crippen MR) is 141 cm³/mol. The molecule has 5 rings (SSSR count). The number of fused-ring (bicyclic) bond motifs is 2. The molecule has 1 amide bonds. The van der Waals surface area contributed by atoms with Crippen molar-refractivity contribution in [2.24, 2.45) is 0 Å². The van der Waals surface area contributed by atoms with E-state index in [-0.39, 0.29) is 17.7 Å². The van der Waals surface area contributed by atoms with E-state index in [0.717, 1.165) is 55.2 Å². The molecule has 2 aliphatic heterocycles. The Morgan fingerprint density at radius 3 is 2.58 bits per heavy atom. The number of amides is 1. The summed E-state index contributed by atoms with van der Waals surface area (Å²) in [5, 5.41) is 5.43. The maximum absolute atomic E-state index is 12.8. The molecule has 0 spiro atoms. The third-order valence-corrected chi connectivity index (χ3v) is 6.90. The highest BCUT2D eigenvalue weighted by molar-refractivity contribution is 6.14. The van der Waals surface area contributed by atoms with E-state index in [9.17, 15) is 9.59 Å². The molecule has 0 saturated carbocycles. The molecule has 0 aliphatic carbocycles. The van der Waals surface area contributed by atoms with Crippen LogP contribution in [0, 0.1) is 0 Å². The number of ketones is 1. The van der Waals surface area contributed by atoms with Crippen LogP contribution in [0.15, 0.2) is 72.0 Å². The second kappa shape index (κ2) is 10.5. The lowest BCUT2D eigenvalue weighted by atomic mass is 10.0. The number of hydrogen-bond donors (Lipinski definition) is 1. The van der Waals surface area contributed by atoms with Gasteiger partial charge in [0.15, 0.2) is 5.76 Å². The molecule has 0 bridgehead atoms. The highest BCUT2D eigenvalue weighted by atomic mass is 16.5. The molecule has 2 aliphatic rings. The fourth-order valence-electron chi connectivity index (χ4n) is 4.91. The largest absolute Gasteiger partial charge is 0.493 e. The van der Waals surface area contributed by atoms with Crippen molar-refractivity contribution >= 4 is 22.5 Å². The lowest BCUT2D eigenvalue weighted by molar-refractivity contribution is 0.0909. The lowest BCUT2D eigenvalue weighted by Gasteiger charge is -2.32. The fraction of sp³-hybridized carbons (Fsp3) is 0.333. The van der Waals surface area contributed by atoms with Crippen LogP contribution in [0.2, 0.25) is 0 Å². The van der Waals surface area contributed by atoms with Crippen molar-refractivity contribution in [3.8, 4) is 11.5 Å². The Balaban J connectivity index is 1.06. The molecule has 3 aromatic carbocycles. The Labute approximate surface area is 211 Å². The number of Topliss-reactive ketones (excluding diaryl/α,β-unsaturated/α-hetero) is 1. The van der Waals surface area contributed by atoms with E-state index in [1.165, 1.54) is 0 Å². The summed E-state index contributed by atoms with van der Waals surface area (Å²) >= 11 is 0. The smallest absolute Gasteiger partial charge is 0.251 e. The van der Waals surface area contributed by atoms with Crippen LogP contribution < -0.4 is 14.8 Å². The molecule has 3 aromatic rings. The number of allylic oxidation sites excluding steroid dienone is 2. The van der Waals surface area contributed by atoms with E-state index in [4.69, 9.17) is 9.47 Å². The molecular formula is C30H32N2O4. The van der Waals surface area contributed by atoms with Crippen molar-refractivity contribution in [1.29, 1.82) is 0 Å². The Hall–Kier alpha value is -3.64. The van der Waals surface area contributed by atoms with Gasteiger partial charge in [-0.15, -0.1) is 0 Å². The summed E-state index contributed by atoms with van der Waals surface area (Å²) in [6, 6.07) is 19.6. The minimum Gasteiger partial charge on any atom is -0.493 e. The van der Waals surface area contributed by atoms with Crippen LogP contribution in [0.1, 0.15) is 53.8 Å². The third kappa shape index (κ3) is 5.14. The average Bonchev–Trinajstić information content (AvgIpc) is 3.24. The molecule has 1 saturated heterocycles. The first-order chi connectivity index (χ1) is 17.5. The summed E-state index contributed by atoms with van der Waals surface area (Å²) in [7, 11) is 0. The molecule has 186 valence electrons. The first kappa shape index (κ1) is 24.1. The lowest BCUT2D eigenvalue weighted by Crippen LogP contribution is -2.45. The average molecular weight is 485 g/mol. The number of ether oxygens (including phenoxy) is 2. The number of likely N-dealkylation sites (tertiary alicyclic amines) is 1. The van der Waals surface area contributed by atoms with Gasteiger partial charge in [-0.1, -0.05) is 36.4 Å². The van der Waals surface area contributed by atoms with Crippen LogP contribution in [-0.2, 0) is 0 Å². The fourth-order valence-corrected chi connectivity index (χ4v) is 4.91. The van der Waals surface area contributed by atoms with Crippen molar-refractivity contribution in [3.05, 3.63) is 83.1 Å². The van der Waals surface area contributed by atoms with Gasteiger partial charge < -0.3 is 19.7 Å². The summed E-state index contributed by atoms with van der Waals surface area (Å²) in [6.45, 7) is 7.09. The van der Waals surface area contributed by atoms with Gasteiger partial charge in [0.25, 0.3) is 5.91 Å². The first-order valence-electron chi connectivity index (χ1n) is 12.7. The standard InChI is InChI=1S/C30H32N2O4/c1-20(2)29-28(33)27-25(9-5-10-26(27)36-29)35-18-6-15-32-16-13-24(14-17-32)31-30(34)23-12-11-21-7-3-4-8-22(21)19-23/h3-5,7-12,19,24H,6,13-18H2,1-2H3,(H,31,34). The molecule has 6 nitrogen and oxygen atoms in total. The Morgan fingerprint density at radius 2 is 1.81 bits per heavy atom. The monoisotopic (exact) mass is 484 g/mol. The van der Waals surface area contributed by atoms with Gasteiger partial charge in [-0.25, -0.2) is 0 Å². The normalized spacial score (nSPS) is 16.1. The van der Waals surface area contributed by atoms with E-state index in [1.54, 1.807) is 6.07 Å². The number of carbonyl (C=O) groups is 2. The number of nitrogens with zero attached hydrogens (tertiary/aromatic N) is 1. The molecule has 36 heavy (non-hydrogen) atoms. The van der Waals surface area contributed by atoms with Crippen molar-refractivity contribution < 1.29 is 19.1 Å². The third-order valence-electron chi connectivity index (χ3n) is 6.90. The maximum Gasteiger partial charge on any atom is 0.251 e. The van der Waals surface area contributed by atoms with Gasteiger partial charge in [-0.2, -0.15) is 0 Å². The quantitative estimate of drug-likeness (QED) is 0.361.